The minimum atomic E-state index is -1.84. The summed E-state index contributed by atoms with van der Waals surface area (Å²) in [4.78, 5) is 52.8. The summed E-state index contributed by atoms with van der Waals surface area (Å²) in [6.07, 6.45) is 6.64. The molecule has 0 aliphatic carbocycles. The van der Waals surface area contributed by atoms with E-state index in [9.17, 15) is 34.5 Å². The van der Waals surface area contributed by atoms with Crippen molar-refractivity contribution in [1.29, 1.82) is 0 Å². The Hall–Kier alpha value is -10.7. The summed E-state index contributed by atoms with van der Waals surface area (Å²) in [5.74, 6) is 3.18. The monoisotopic (exact) mass is 1950 g/mol. The number of carbonyl (C=O) groups excluding carboxylic acids is 4. The van der Waals surface area contributed by atoms with E-state index >= 15 is 0 Å². The lowest BCUT2D eigenvalue weighted by Gasteiger charge is -2.34. The van der Waals surface area contributed by atoms with Gasteiger partial charge in [0, 0.05) is 131 Å². The molecule has 5 N–H and O–H groups in total. The Balaban J connectivity index is 0.000000271. The number of nitrogens with zero attached hydrogens (tertiary/aromatic N) is 3. The zero-order valence-electron chi connectivity index (χ0n) is 94.5. The maximum Gasteiger partial charge on any atom is 0.242 e. The van der Waals surface area contributed by atoms with Crippen LogP contribution in [0, 0.1) is 6.92 Å². The summed E-state index contributed by atoms with van der Waals surface area (Å²) in [7, 11) is -3.66. The first-order chi connectivity index (χ1) is 64.9. The average Bonchev–Trinajstić information content (AvgIpc) is 0.774. The largest absolute Gasteiger partial charge is 0.544 e. The number of para-hydroxylation sites is 5. The van der Waals surface area contributed by atoms with Crippen molar-refractivity contribution in [1.82, 2.24) is 0 Å². The number of carbonyl (C=O) groups is 4. The topological polar surface area (TPSA) is 181 Å². The van der Waals surface area contributed by atoms with Crippen LogP contribution in [0.2, 0.25) is 39.3 Å². The van der Waals surface area contributed by atoms with Crippen molar-refractivity contribution < 1.29 is 43.3 Å². The molecular weight excluding hydrogens is 1770 g/mol. The second-order valence-electron chi connectivity index (χ2n) is 50.6. The van der Waals surface area contributed by atoms with Crippen LogP contribution in [0.4, 0.5) is 28.4 Å². The Kier molecular flexibility index (Phi) is 41.0. The van der Waals surface area contributed by atoms with Crippen molar-refractivity contribution in [3.8, 4) is 28.7 Å². The van der Waals surface area contributed by atoms with Gasteiger partial charge in [0.1, 0.15) is 28.7 Å². The van der Waals surface area contributed by atoms with Crippen molar-refractivity contribution >= 4 is 70.2 Å². The van der Waals surface area contributed by atoms with Gasteiger partial charge in [-0.15, -0.1) is 0 Å². The van der Waals surface area contributed by atoms with E-state index in [1.165, 1.54) is 55.8 Å². The quantitative estimate of drug-likeness (QED) is 0.0221. The first kappa shape index (κ1) is 119. The number of rotatable bonds is 29. The lowest BCUT2D eigenvalue weighted by molar-refractivity contribution is 0.111. The van der Waals surface area contributed by atoms with Gasteiger partial charge < -0.3 is 49.5 Å². The highest BCUT2D eigenvalue weighted by Gasteiger charge is 2.35. The molecule has 14 nitrogen and oxygen atoms in total. The van der Waals surface area contributed by atoms with Gasteiger partial charge in [-0.1, -0.05) is 326 Å². The molecule has 0 saturated heterocycles. The fraction of sp³-hybridized carbons (Fsp3) is 0.488. The van der Waals surface area contributed by atoms with Crippen molar-refractivity contribution in [2.75, 3.05) is 45.0 Å². The number of aryl methyl sites for hydroxylation is 1. The fourth-order valence-electron chi connectivity index (χ4n) is 16.8. The number of hydrogen-bond acceptors (Lipinski definition) is 14. The molecule has 0 heterocycles. The fourth-order valence-corrected chi connectivity index (χ4v) is 18.5. The third kappa shape index (κ3) is 34.8. The van der Waals surface area contributed by atoms with Gasteiger partial charge in [-0.2, -0.15) is 0 Å². The van der Waals surface area contributed by atoms with Crippen LogP contribution >= 0.6 is 0 Å². The first-order valence-corrected chi connectivity index (χ1v) is 58.0. The Morgan fingerprint density at radius 2 is 0.518 bits per heavy atom. The molecule has 0 atom stereocenters. The van der Waals surface area contributed by atoms with E-state index in [1.54, 1.807) is 6.07 Å². The third-order valence-corrected chi connectivity index (χ3v) is 26.7. The van der Waals surface area contributed by atoms with Gasteiger partial charge in [-0.25, -0.2) is 0 Å². The number of phenols is 3. The molecule has 0 amide bonds. The van der Waals surface area contributed by atoms with Crippen LogP contribution in [0.5, 0.6) is 28.7 Å². The van der Waals surface area contributed by atoms with Gasteiger partial charge in [0.25, 0.3) is 0 Å². The summed E-state index contributed by atoms with van der Waals surface area (Å²) in [6, 6.07) is 61.1. The molecule has 0 unspecified atom stereocenters. The lowest BCUT2D eigenvalue weighted by atomic mass is 9.79. The molecule has 0 aliphatic heterocycles. The Bertz CT molecular complexity index is 5820. The van der Waals surface area contributed by atoms with Crippen LogP contribution in [-0.4, -0.2) is 76.7 Å². The Labute approximate surface area is 855 Å². The van der Waals surface area contributed by atoms with Crippen LogP contribution in [0.25, 0.3) is 0 Å². The van der Waals surface area contributed by atoms with E-state index in [0.29, 0.717) is 60.1 Å². The molecule has 16 heteroatoms. The smallest absolute Gasteiger partial charge is 0.242 e. The standard InChI is InChI=1S/C28H43NO2Si.C25H37NO2Si.C25H35NO2.C25H37NO.C22H29NO2/c1-11-16-29(25-15-13-12-14-21(25)20-30)19-22-17-23(27(2,3)4)18-24(28(5,6)7)26(22)31-32(8,9)10;1-24(2,3)20-14-19(16-26-22-13-11-10-12-18(22)17-27)23(28-29(7,8)9)21(15-20)25(4,5)6;1-8-13-26(22-12-10-9-11-18(22)17-27)16-19-14-20(24(2,3)4)15-21(23(19)28)25(5,6)7;1-9-14-26(22-13-11-10-12-18(22)2)17-19-15-20(24(3,4)5)16-21(23(19)27)25(6,7)8;1-21(2,3)17-11-16(20(25)18(12-17)22(4,5)6)13-23-19-10-8-7-9-15(19)14-24/h12-15,17-18,20H,11,16,19H2,1-10H3;10-15,17,26H,16H2,1-9H3;9-12,14-15,17,28H,8,13,16H2,1-7H3;10-13,15-16,27H,9,14,17H2,1-8H3;7-12,14,23,25H,13H2,1-6H3. The summed E-state index contributed by atoms with van der Waals surface area (Å²) < 4.78 is 13.4. The number of benzene rings is 10. The van der Waals surface area contributed by atoms with Crippen LogP contribution in [0.3, 0.4) is 0 Å². The highest BCUT2D eigenvalue weighted by Crippen LogP contribution is 2.47. The second kappa shape index (κ2) is 48.6. The number of aromatic hydroxyl groups is 3. The van der Waals surface area contributed by atoms with Gasteiger partial charge in [0.15, 0.2) is 25.1 Å². The van der Waals surface area contributed by atoms with Crippen LogP contribution in [0.15, 0.2) is 182 Å². The molecule has 10 aromatic rings. The summed E-state index contributed by atoms with van der Waals surface area (Å²) in [5.41, 5.74) is 25.2. The molecule has 0 aliphatic rings. The normalized spacial score (nSPS) is 12.3. The van der Waals surface area contributed by atoms with Crippen molar-refractivity contribution in [3.05, 3.63) is 293 Å². The SMILES string of the molecule is CC(C)(C)c1cc(CNc2ccccc2C=O)c(O)c(C(C)(C)C)c1.CC(C)(C)c1cc(CNc2ccccc2C=O)c(O[Si](C)(C)C)c(C(C)(C)C)c1.CCCN(Cc1cc(C(C)(C)C)cc(C(C)(C)C)c1O)c1ccccc1C.CCCN(Cc1cc(C(C)(C)C)cc(C(C)(C)C)c1O)c1ccccc1C=O.CCCN(Cc1cc(C(C)(C)C)cc(C(C)(C)C)c1O[Si](C)(C)C)c1ccccc1C=O. The van der Waals surface area contributed by atoms with E-state index in [4.69, 9.17) is 8.85 Å². The minimum absolute atomic E-state index is 0.0108. The molecule has 768 valence electrons. The number of hydrogen-bond donors (Lipinski definition) is 5. The minimum Gasteiger partial charge on any atom is -0.544 e. The molecule has 0 fully saturated rings. The number of anilines is 5. The Morgan fingerprint density at radius 1 is 0.284 bits per heavy atom. The van der Waals surface area contributed by atoms with Crippen LogP contribution in [-0.2, 0) is 86.9 Å². The van der Waals surface area contributed by atoms with E-state index in [1.807, 2.05) is 84.9 Å². The highest BCUT2D eigenvalue weighted by molar-refractivity contribution is 6.70. The molecule has 141 heavy (non-hydrogen) atoms. The lowest BCUT2D eigenvalue weighted by Crippen LogP contribution is -2.33. The first-order valence-electron chi connectivity index (χ1n) is 51.2. The number of phenolic OH excluding ortho intramolecular Hbond substituents is 3. The zero-order valence-corrected chi connectivity index (χ0v) is 96.5. The molecule has 0 aromatic heterocycles. The van der Waals surface area contributed by atoms with Crippen molar-refractivity contribution in [2.45, 2.75) is 381 Å². The van der Waals surface area contributed by atoms with E-state index in [-0.39, 0.29) is 54.1 Å². The van der Waals surface area contributed by atoms with E-state index < -0.39 is 16.6 Å². The predicted molar refractivity (Wildman–Crippen MR) is 609 cm³/mol. The molecule has 0 radical (unpaired) electrons. The molecule has 10 rings (SSSR count). The summed E-state index contributed by atoms with van der Waals surface area (Å²) in [5, 5.41) is 39.8. The van der Waals surface area contributed by atoms with Crippen LogP contribution in [0.1, 0.15) is 378 Å². The molecule has 0 spiro atoms. The highest BCUT2D eigenvalue weighted by atomic mass is 28.4. The average molecular weight is 1950 g/mol. The molecular formula is C125H181N5O9Si2. The van der Waals surface area contributed by atoms with Gasteiger partial charge in [-0.3, -0.25) is 19.2 Å². The van der Waals surface area contributed by atoms with Gasteiger partial charge in [0.2, 0.25) is 16.6 Å². The van der Waals surface area contributed by atoms with Crippen LogP contribution < -0.4 is 34.2 Å². The number of aldehydes is 4. The van der Waals surface area contributed by atoms with E-state index in [2.05, 4.69) is 391 Å². The number of nitrogens with one attached hydrogen (secondary N) is 2. The maximum absolute atomic E-state index is 11.8. The van der Waals surface area contributed by atoms with Gasteiger partial charge >= 0.3 is 0 Å². The zero-order chi connectivity index (χ0) is 107. The third-order valence-electron chi connectivity index (χ3n) is 25.0. The summed E-state index contributed by atoms with van der Waals surface area (Å²) in [6.45, 7) is 93.9. The second-order valence-corrected chi connectivity index (χ2v) is 59.4. The summed E-state index contributed by atoms with van der Waals surface area (Å²) >= 11 is 0. The van der Waals surface area contributed by atoms with E-state index in [0.717, 1.165) is 149 Å². The predicted octanol–water partition coefficient (Wildman–Crippen LogP) is 33.0. The van der Waals surface area contributed by atoms with Crippen molar-refractivity contribution in [3.63, 3.8) is 0 Å². The maximum atomic E-state index is 11.8. The molecule has 10 aromatic carbocycles. The Morgan fingerprint density at radius 3 is 0.809 bits per heavy atom. The molecule has 0 saturated carbocycles. The van der Waals surface area contributed by atoms with Gasteiger partial charge in [0.05, 0.1) is 0 Å². The van der Waals surface area contributed by atoms with Crippen molar-refractivity contribution in [2.24, 2.45) is 0 Å². The van der Waals surface area contributed by atoms with Gasteiger partial charge in [-0.05, 0) is 266 Å². The molecule has 0 bridgehead atoms.